The molecule has 61 heavy (non-hydrogen) atoms. The van der Waals surface area contributed by atoms with E-state index in [1.54, 1.807) is 0 Å². The zero-order chi connectivity index (χ0) is 44.4. The van der Waals surface area contributed by atoms with Crippen molar-refractivity contribution >= 4 is 17.9 Å². The molecule has 0 aliphatic carbocycles. The molecule has 0 N–H and O–H groups in total. The summed E-state index contributed by atoms with van der Waals surface area (Å²) in [5.41, 5.74) is 0. The number of rotatable bonds is 43. The predicted octanol–water partition coefficient (Wildman–Crippen LogP) is 16.2. The smallest absolute Gasteiger partial charge is 0.306 e. The van der Waals surface area contributed by atoms with Crippen LogP contribution in [0.2, 0.25) is 0 Å². The van der Waals surface area contributed by atoms with Gasteiger partial charge >= 0.3 is 17.9 Å². The molecular weight excluding hydrogens is 757 g/mol. The highest BCUT2D eigenvalue weighted by atomic mass is 16.6. The Morgan fingerprint density at radius 2 is 0.672 bits per heavy atom. The highest BCUT2D eigenvalue weighted by Crippen LogP contribution is 2.13. The number of carbonyl (C=O) groups is 3. The third kappa shape index (κ3) is 47.2. The van der Waals surface area contributed by atoms with Gasteiger partial charge in [-0.05, 0) is 96.3 Å². The van der Waals surface area contributed by atoms with E-state index in [9.17, 15) is 14.4 Å². The van der Waals surface area contributed by atoms with Gasteiger partial charge in [0.1, 0.15) is 13.2 Å². The van der Waals surface area contributed by atoms with Crippen LogP contribution in [0.3, 0.4) is 0 Å². The van der Waals surface area contributed by atoms with Crippen LogP contribution in [-0.2, 0) is 28.6 Å². The fourth-order valence-corrected chi connectivity index (χ4v) is 6.36. The zero-order valence-electron chi connectivity index (χ0n) is 39.4. The third-order valence-electron chi connectivity index (χ3n) is 10.1. The van der Waals surface area contributed by atoms with Crippen molar-refractivity contribution in [3.8, 4) is 0 Å². The Hall–Kier alpha value is -3.67. The second-order valence-corrected chi connectivity index (χ2v) is 16.0. The minimum Gasteiger partial charge on any atom is -0.462 e. The van der Waals surface area contributed by atoms with Crippen LogP contribution < -0.4 is 0 Å². The Bertz CT molecular complexity index is 1250. The van der Waals surface area contributed by atoms with Crippen molar-refractivity contribution in [1.82, 2.24) is 0 Å². The fourth-order valence-electron chi connectivity index (χ4n) is 6.36. The van der Waals surface area contributed by atoms with E-state index in [4.69, 9.17) is 14.2 Å². The Balaban J connectivity index is 4.18. The summed E-state index contributed by atoms with van der Waals surface area (Å²) in [5.74, 6) is -0.937. The van der Waals surface area contributed by atoms with Crippen LogP contribution in [-0.4, -0.2) is 37.2 Å². The minimum absolute atomic E-state index is 0.0882. The van der Waals surface area contributed by atoms with E-state index in [-0.39, 0.29) is 31.1 Å². The molecule has 0 aromatic rings. The van der Waals surface area contributed by atoms with Gasteiger partial charge in [-0.25, -0.2) is 0 Å². The molecule has 0 rings (SSSR count). The molecule has 0 radical (unpaired) electrons. The van der Waals surface area contributed by atoms with E-state index >= 15 is 0 Å². The third-order valence-corrected chi connectivity index (χ3v) is 10.1. The van der Waals surface area contributed by atoms with Crippen molar-refractivity contribution in [2.75, 3.05) is 13.2 Å². The number of unbranched alkanes of at least 4 members (excludes halogenated alkanes) is 16. The second-order valence-electron chi connectivity index (χ2n) is 16.0. The maximum absolute atomic E-state index is 12.7. The number of ether oxygens (including phenoxy) is 3. The highest BCUT2D eigenvalue weighted by molar-refractivity contribution is 5.71. The molecule has 0 saturated carbocycles. The van der Waals surface area contributed by atoms with Crippen LogP contribution in [0, 0.1) is 0 Å². The first-order valence-electron chi connectivity index (χ1n) is 24.7. The van der Waals surface area contributed by atoms with Gasteiger partial charge in [0.2, 0.25) is 0 Å². The molecule has 0 saturated heterocycles. The highest BCUT2D eigenvalue weighted by Gasteiger charge is 2.19. The molecule has 6 heteroatoms. The molecule has 0 spiro atoms. The van der Waals surface area contributed by atoms with Crippen molar-refractivity contribution in [3.63, 3.8) is 0 Å². The maximum Gasteiger partial charge on any atom is 0.306 e. The van der Waals surface area contributed by atoms with Crippen LogP contribution in [0.1, 0.15) is 213 Å². The summed E-state index contributed by atoms with van der Waals surface area (Å²) in [6.45, 7) is 6.35. The molecule has 0 aromatic heterocycles. The van der Waals surface area contributed by atoms with Gasteiger partial charge < -0.3 is 14.2 Å². The lowest BCUT2D eigenvalue weighted by molar-refractivity contribution is -0.167. The average molecular weight is 847 g/mol. The van der Waals surface area contributed by atoms with E-state index in [0.29, 0.717) is 19.3 Å². The van der Waals surface area contributed by atoms with Crippen molar-refractivity contribution < 1.29 is 28.6 Å². The molecule has 0 aromatic carbocycles. The summed E-state index contributed by atoms with van der Waals surface area (Å²) >= 11 is 0. The first-order chi connectivity index (χ1) is 30.0. The molecule has 6 nitrogen and oxygen atoms in total. The maximum atomic E-state index is 12.7. The molecule has 1 atom stereocenters. The van der Waals surface area contributed by atoms with Crippen LogP contribution in [0.15, 0.2) is 97.2 Å². The van der Waals surface area contributed by atoms with Crippen molar-refractivity contribution in [3.05, 3.63) is 97.2 Å². The summed E-state index contributed by atoms with van der Waals surface area (Å²) in [5, 5.41) is 0. The molecule has 346 valence electrons. The number of esters is 3. The van der Waals surface area contributed by atoms with E-state index in [1.165, 1.54) is 32.1 Å². The molecule has 0 aliphatic rings. The van der Waals surface area contributed by atoms with Crippen LogP contribution >= 0.6 is 0 Å². The molecule has 0 heterocycles. The van der Waals surface area contributed by atoms with Crippen LogP contribution in [0.5, 0.6) is 0 Å². The number of allylic oxidation sites excluding steroid dienone is 16. The summed E-state index contributed by atoms with van der Waals surface area (Å²) in [6, 6.07) is 0. The summed E-state index contributed by atoms with van der Waals surface area (Å²) in [7, 11) is 0. The quantitative estimate of drug-likeness (QED) is 0.0263. The van der Waals surface area contributed by atoms with Gasteiger partial charge in [-0.1, -0.05) is 195 Å². The van der Waals surface area contributed by atoms with Gasteiger partial charge in [0.25, 0.3) is 0 Å². The monoisotopic (exact) mass is 847 g/mol. The molecule has 1 unspecified atom stereocenters. The molecule has 0 bridgehead atoms. The van der Waals surface area contributed by atoms with Gasteiger partial charge in [-0.3, -0.25) is 14.4 Å². The average Bonchev–Trinajstić information content (AvgIpc) is 3.26. The summed E-state index contributed by atoms with van der Waals surface area (Å²) in [4.78, 5) is 37.6. The fraction of sp³-hybridized carbons (Fsp3) is 0.655. The van der Waals surface area contributed by atoms with Gasteiger partial charge in [0.05, 0.1) is 0 Å². The Kier molecular flexibility index (Phi) is 46.0. The van der Waals surface area contributed by atoms with Crippen LogP contribution in [0.4, 0.5) is 0 Å². The Labute approximate surface area is 375 Å². The standard InChI is InChI=1S/C55H90O6/c1-4-7-10-13-16-18-20-21-22-23-24-25-26-27-28-29-30-31-32-33-34-35-36-38-39-42-45-48-54(57)60-51-52(50-59-53(56)47-44-41-15-12-9-6-3)61-55(58)49-46-43-40-37-19-17-14-11-8-5-2/h7,10-11,14,16,18,21-22,24-25,27-28,30-31,33-34,52H,4-6,8-9,12-13,15,17,19-20,23,26,29,32,35-51H2,1-3H3/b10-7-,14-11-,18-16-,22-21-,25-24-,28-27-,31-30-,34-33-. The van der Waals surface area contributed by atoms with Crippen molar-refractivity contribution in [2.24, 2.45) is 0 Å². The number of carbonyl (C=O) groups excluding carboxylic acids is 3. The lowest BCUT2D eigenvalue weighted by Crippen LogP contribution is -2.30. The molecule has 0 amide bonds. The van der Waals surface area contributed by atoms with Crippen molar-refractivity contribution in [2.45, 2.75) is 219 Å². The van der Waals surface area contributed by atoms with Gasteiger partial charge in [0.15, 0.2) is 6.10 Å². The molecule has 0 fully saturated rings. The number of hydrogen-bond acceptors (Lipinski definition) is 6. The topological polar surface area (TPSA) is 78.9 Å². The lowest BCUT2D eigenvalue weighted by atomic mass is 10.1. The predicted molar refractivity (Wildman–Crippen MR) is 260 cm³/mol. The second kappa shape index (κ2) is 49.0. The minimum atomic E-state index is -0.785. The molecular formula is C55H90O6. The Morgan fingerprint density at radius 1 is 0.344 bits per heavy atom. The molecule has 0 aliphatic heterocycles. The normalized spacial score (nSPS) is 12.9. The largest absolute Gasteiger partial charge is 0.462 e. The van der Waals surface area contributed by atoms with E-state index in [1.807, 2.05) is 0 Å². The SMILES string of the molecule is CC/C=C\C/C=C\C/C=C\C/C=C\C/C=C\C/C=C\C/C=C\CCCCCCCC(=O)OCC(COC(=O)CCCCCCCC)OC(=O)CCCCCCC/C=C\CCC. The number of hydrogen-bond donors (Lipinski definition) is 0. The Morgan fingerprint density at radius 3 is 1.08 bits per heavy atom. The first kappa shape index (κ1) is 57.3. The summed E-state index contributed by atoms with van der Waals surface area (Å²) < 4.78 is 16.6. The summed E-state index contributed by atoms with van der Waals surface area (Å²) in [6.07, 6.45) is 64.2. The van der Waals surface area contributed by atoms with Crippen LogP contribution in [0.25, 0.3) is 0 Å². The lowest BCUT2D eigenvalue weighted by Gasteiger charge is -2.18. The van der Waals surface area contributed by atoms with Gasteiger partial charge in [-0.15, -0.1) is 0 Å². The van der Waals surface area contributed by atoms with E-state index in [0.717, 1.165) is 141 Å². The van der Waals surface area contributed by atoms with Gasteiger partial charge in [-0.2, -0.15) is 0 Å². The van der Waals surface area contributed by atoms with E-state index in [2.05, 4.69) is 118 Å². The zero-order valence-corrected chi connectivity index (χ0v) is 39.4. The van der Waals surface area contributed by atoms with Gasteiger partial charge in [0, 0.05) is 19.3 Å². The van der Waals surface area contributed by atoms with E-state index < -0.39 is 6.10 Å². The first-order valence-corrected chi connectivity index (χ1v) is 24.7. The van der Waals surface area contributed by atoms with Crippen molar-refractivity contribution in [1.29, 1.82) is 0 Å².